The van der Waals surface area contributed by atoms with Crippen molar-refractivity contribution in [3.05, 3.63) is 64.7 Å². The Kier molecular flexibility index (Phi) is 6.39. The van der Waals surface area contributed by atoms with Crippen molar-refractivity contribution in [1.29, 1.82) is 0 Å². The van der Waals surface area contributed by atoms with E-state index < -0.39 is 5.82 Å². The summed E-state index contributed by atoms with van der Waals surface area (Å²) >= 11 is 0. The second-order valence-corrected chi connectivity index (χ2v) is 5.41. The molecule has 1 aromatic carbocycles. The van der Waals surface area contributed by atoms with E-state index in [0.29, 0.717) is 12.7 Å². The van der Waals surface area contributed by atoms with Crippen molar-refractivity contribution in [2.24, 2.45) is 0 Å². The van der Waals surface area contributed by atoms with Gasteiger partial charge in [-0.15, -0.1) is 0 Å². The highest BCUT2D eigenvalue weighted by molar-refractivity contribution is 5.84. The van der Waals surface area contributed by atoms with E-state index in [9.17, 15) is 14.0 Å². The number of unbranched alkanes of at least 4 members (excludes halogenated alkanes) is 1. The van der Waals surface area contributed by atoms with Gasteiger partial charge in [0.1, 0.15) is 11.5 Å². The van der Waals surface area contributed by atoms with E-state index in [1.54, 1.807) is 12.1 Å². The lowest BCUT2D eigenvalue weighted by Gasteiger charge is -2.05. The number of hydrogen-bond donors (Lipinski definition) is 0. The van der Waals surface area contributed by atoms with Gasteiger partial charge in [-0.25, -0.2) is 9.37 Å². The molecule has 4 heteroatoms. The van der Waals surface area contributed by atoms with Crippen molar-refractivity contribution in [3.63, 3.8) is 0 Å². The SMILES string of the molecule is CCCCC(=O)Cc1nc(C#Cc2ccccc2)c(F)cc1C=O. The Bertz CT molecular complexity index is 789. The molecule has 0 aliphatic rings. The van der Waals surface area contributed by atoms with E-state index in [1.165, 1.54) is 0 Å². The lowest BCUT2D eigenvalue weighted by atomic mass is 10.0. The number of carbonyl (C=O) groups excluding carboxylic acids is 2. The van der Waals surface area contributed by atoms with E-state index in [2.05, 4.69) is 16.8 Å². The summed E-state index contributed by atoms with van der Waals surface area (Å²) in [6.45, 7) is 2.00. The number of Topliss-reactive ketones (excluding diaryl/α,β-unsaturated/α-hetero) is 1. The van der Waals surface area contributed by atoms with Crippen LogP contribution in [-0.2, 0) is 11.2 Å². The standard InChI is InChI=1S/C20H18FNO2/c1-2-3-9-17(24)13-20-16(14-23)12-18(21)19(22-20)11-10-15-7-5-4-6-8-15/h4-8,12,14H,2-3,9,13H2,1H3. The highest BCUT2D eigenvalue weighted by atomic mass is 19.1. The molecule has 0 radical (unpaired) electrons. The number of pyridine rings is 1. The van der Waals surface area contributed by atoms with Gasteiger partial charge in [0.05, 0.1) is 5.69 Å². The number of halogens is 1. The average Bonchev–Trinajstić information content (AvgIpc) is 2.60. The van der Waals surface area contributed by atoms with E-state index in [-0.39, 0.29) is 29.2 Å². The van der Waals surface area contributed by atoms with E-state index in [1.807, 2.05) is 25.1 Å². The van der Waals surface area contributed by atoms with Gasteiger partial charge in [-0.05, 0) is 30.5 Å². The zero-order valence-electron chi connectivity index (χ0n) is 13.5. The fourth-order valence-corrected chi connectivity index (χ4v) is 2.17. The predicted molar refractivity (Wildman–Crippen MR) is 90.2 cm³/mol. The smallest absolute Gasteiger partial charge is 0.158 e. The number of rotatable bonds is 6. The number of hydrogen-bond acceptors (Lipinski definition) is 3. The van der Waals surface area contributed by atoms with Crippen LogP contribution in [0.1, 0.15) is 53.5 Å². The Morgan fingerprint density at radius 2 is 2.00 bits per heavy atom. The van der Waals surface area contributed by atoms with Crippen molar-refractivity contribution in [3.8, 4) is 11.8 Å². The van der Waals surface area contributed by atoms with Gasteiger partial charge in [-0.3, -0.25) is 9.59 Å². The van der Waals surface area contributed by atoms with Gasteiger partial charge in [0.25, 0.3) is 0 Å². The van der Waals surface area contributed by atoms with Gasteiger partial charge in [0, 0.05) is 24.0 Å². The zero-order chi connectivity index (χ0) is 17.4. The molecule has 0 saturated carbocycles. The maximum absolute atomic E-state index is 14.1. The number of aldehydes is 1. The van der Waals surface area contributed by atoms with Gasteiger partial charge in [-0.1, -0.05) is 37.5 Å². The molecule has 0 N–H and O–H groups in total. The molecule has 0 aliphatic heterocycles. The Balaban J connectivity index is 2.30. The molecule has 0 fully saturated rings. The number of ketones is 1. The summed E-state index contributed by atoms with van der Waals surface area (Å²) in [4.78, 5) is 27.1. The first kappa shape index (κ1) is 17.6. The summed E-state index contributed by atoms with van der Waals surface area (Å²) < 4.78 is 14.1. The molecule has 0 bridgehead atoms. The quantitative estimate of drug-likeness (QED) is 0.601. The molecule has 24 heavy (non-hydrogen) atoms. The lowest BCUT2D eigenvalue weighted by molar-refractivity contribution is -0.118. The molecular formula is C20H18FNO2. The van der Waals surface area contributed by atoms with Gasteiger partial charge < -0.3 is 0 Å². The molecule has 0 aliphatic carbocycles. The molecule has 2 aromatic rings. The van der Waals surface area contributed by atoms with Gasteiger partial charge in [0.2, 0.25) is 0 Å². The second kappa shape index (κ2) is 8.73. The summed E-state index contributed by atoms with van der Waals surface area (Å²) in [7, 11) is 0. The number of carbonyl (C=O) groups is 2. The van der Waals surface area contributed by atoms with Gasteiger partial charge >= 0.3 is 0 Å². The maximum Gasteiger partial charge on any atom is 0.158 e. The monoisotopic (exact) mass is 323 g/mol. The van der Waals surface area contributed by atoms with Gasteiger partial charge in [-0.2, -0.15) is 0 Å². The molecule has 0 amide bonds. The zero-order valence-corrected chi connectivity index (χ0v) is 13.5. The largest absolute Gasteiger partial charge is 0.299 e. The van der Waals surface area contributed by atoms with Crippen molar-refractivity contribution < 1.29 is 14.0 Å². The number of nitrogens with zero attached hydrogens (tertiary/aromatic N) is 1. The highest BCUT2D eigenvalue weighted by Crippen LogP contribution is 2.13. The minimum absolute atomic E-state index is 0.0129. The van der Waals surface area contributed by atoms with Crippen LogP contribution in [0.25, 0.3) is 0 Å². The number of aromatic nitrogens is 1. The summed E-state index contributed by atoms with van der Waals surface area (Å²) in [5.74, 6) is 4.83. The highest BCUT2D eigenvalue weighted by Gasteiger charge is 2.13. The van der Waals surface area contributed by atoms with E-state index in [4.69, 9.17) is 0 Å². The molecular weight excluding hydrogens is 305 g/mol. The molecule has 0 atom stereocenters. The minimum Gasteiger partial charge on any atom is -0.299 e. The van der Waals surface area contributed by atoms with Crippen LogP contribution in [0.5, 0.6) is 0 Å². The number of benzene rings is 1. The maximum atomic E-state index is 14.1. The van der Waals surface area contributed by atoms with Crippen LogP contribution in [-0.4, -0.2) is 17.1 Å². The summed E-state index contributed by atoms with van der Waals surface area (Å²) in [6.07, 6.45) is 2.67. The molecule has 3 nitrogen and oxygen atoms in total. The molecule has 2 rings (SSSR count). The van der Waals surface area contributed by atoms with E-state index >= 15 is 0 Å². The Morgan fingerprint density at radius 3 is 2.67 bits per heavy atom. The first-order valence-electron chi connectivity index (χ1n) is 7.87. The summed E-state index contributed by atoms with van der Waals surface area (Å²) in [6, 6.07) is 10.2. The van der Waals surface area contributed by atoms with Crippen molar-refractivity contribution in [2.45, 2.75) is 32.6 Å². The lowest BCUT2D eigenvalue weighted by Crippen LogP contribution is -2.09. The molecule has 0 unspecified atom stereocenters. The third-order valence-electron chi connectivity index (χ3n) is 3.49. The average molecular weight is 323 g/mol. The predicted octanol–water partition coefficient (Wildman–Crippen LogP) is 3.73. The molecule has 0 spiro atoms. The fraction of sp³-hybridized carbons (Fsp3) is 0.250. The van der Waals surface area contributed by atoms with Crippen LogP contribution < -0.4 is 0 Å². The normalized spacial score (nSPS) is 9.92. The van der Waals surface area contributed by atoms with Crippen LogP contribution >= 0.6 is 0 Å². The van der Waals surface area contributed by atoms with Gasteiger partial charge in [0.15, 0.2) is 12.1 Å². The van der Waals surface area contributed by atoms with E-state index in [0.717, 1.165) is 24.5 Å². The van der Waals surface area contributed by atoms with Crippen LogP contribution in [0.4, 0.5) is 4.39 Å². The summed E-state index contributed by atoms with van der Waals surface area (Å²) in [5, 5.41) is 0. The molecule has 1 heterocycles. The Labute approximate surface area is 140 Å². The molecule has 122 valence electrons. The fourth-order valence-electron chi connectivity index (χ4n) is 2.17. The first-order valence-corrected chi connectivity index (χ1v) is 7.87. The van der Waals surface area contributed by atoms with Crippen molar-refractivity contribution >= 4 is 12.1 Å². The van der Waals surface area contributed by atoms with Crippen LogP contribution in [0.3, 0.4) is 0 Å². The van der Waals surface area contributed by atoms with Crippen molar-refractivity contribution in [2.75, 3.05) is 0 Å². The third kappa shape index (κ3) is 4.85. The molecule has 1 aromatic heterocycles. The van der Waals surface area contributed by atoms with Crippen molar-refractivity contribution in [1.82, 2.24) is 4.98 Å². The summed E-state index contributed by atoms with van der Waals surface area (Å²) in [5.41, 5.74) is 1.06. The van der Waals surface area contributed by atoms with Crippen LogP contribution in [0.15, 0.2) is 36.4 Å². The third-order valence-corrected chi connectivity index (χ3v) is 3.49. The minimum atomic E-state index is -0.662. The molecule has 0 saturated heterocycles. The first-order chi connectivity index (χ1) is 11.6. The Morgan fingerprint density at radius 1 is 1.25 bits per heavy atom. The second-order valence-electron chi connectivity index (χ2n) is 5.41. The van der Waals surface area contributed by atoms with Crippen LogP contribution in [0, 0.1) is 17.7 Å². The Hall–Kier alpha value is -2.80. The topological polar surface area (TPSA) is 47.0 Å². The van der Waals surface area contributed by atoms with Crippen LogP contribution in [0.2, 0.25) is 0 Å².